The van der Waals surface area contributed by atoms with Crippen LogP contribution in [0.4, 0.5) is 3.89 Å². The van der Waals surface area contributed by atoms with Crippen LogP contribution >= 0.6 is 7.26 Å². The molecule has 0 aromatic heterocycles. The number of ether oxygens (including phenoxy) is 1. The molecule has 0 aromatic rings. The zero-order valence-corrected chi connectivity index (χ0v) is 12.5. The molecule has 3 nitrogen and oxygen atoms in total. The first kappa shape index (κ1) is 14.0. The normalized spacial score (nSPS) is 35.6. The monoisotopic (exact) mass is 283 g/mol. The Morgan fingerprint density at radius 1 is 1.47 bits per heavy atom. The summed E-state index contributed by atoms with van der Waals surface area (Å²) in [5.41, 5.74) is 0. The second-order valence-electron chi connectivity index (χ2n) is 5.80. The van der Waals surface area contributed by atoms with Crippen LogP contribution in [0.1, 0.15) is 13.3 Å². The van der Waals surface area contributed by atoms with Crippen molar-refractivity contribution in [3.05, 3.63) is 0 Å². The van der Waals surface area contributed by atoms with Crippen LogP contribution in [-0.4, -0.2) is 59.8 Å². The molecule has 0 radical (unpaired) electrons. The van der Waals surface area contributed by atoms with Crippen LogP contribution in [0, 0.1) is 5.92 Å². The van der Waals surface area contributed by atoms with Crippen molar-refractivity contribution in [2.45, 2.75) is 19.4 Å². The van der Waals surface area contributed by atoms with E-state index >= 15 is 0 Å². The van der Waals surface area contributed by atoms with Crippen LogP contribution in [0.2, 0.25) is 0 Å². The summed E-state index contributed by atoms with van der Waals surface area (Å²) in [5.74, 6) is 0.513. The van der Waals surface area contributed by atoms with E-state index < -0.39 is 19.0 Å². The summed E-state index contributed by atoms with van der Waals surface area (Å²) in [6.45, 7) is 6.85. The van der Waals surface area contributed by atoms with Gasteiger partial charge in [-0.05, 0) is 0 Å². The molecule has 1 saturated heterocycles. The summed E-state index contributed by atoms with van der Waals surface area (Å²) in [6, 6.07) is 0.221. The average molecular weight is 283 g/mol. The molecule has 1 aliphatic carbocycles. The van der Waals surface area contributed by atoms with E-state index in [4.69, 9.17) is 4.74 Å². The third-order valence-electron chi connectivity index (χ3n) is 4.26. The summed E-state index contributed by atoms with van der Waals surface area (Å²) in [7, 11) is -1.25. The molecule has 0 N–H and O–H groups in total. The molecule has 2 unspecified atom stereocenters. The van der Waals surface area contributed by atoms with Gasteiger partial charge in [-0.1, -0.05) is 0 Å². The molecule has 6 heteroatoms. The van der Waals surface area contributed by atoms with E-state index in [1.165, 1.54) is 12.3 Å². The Morgan fingerprint density at radius 2 is 2.06 bits per heavy atom. The molecule has 0 bridgehead atoms. The van der Waals surface area contributed by atoms with E-state index in [0.717, 1.165) is 25.8 Å². The molecule has 2 rings (SSSR count). The van der Waals surface area contributed by atoms with E-state index in [0.29, 0.717) is 12.5 Å². The first-order valence-electron chi connectivity index (χ1n) is 6.44. The van der Waals surface area contributed by atoms with Gasteiger partial charge < -0.3 is 0 Å². The van der Waals surface area contributed by atoms with Crippen LogP contribution in [0.25, 0.3) is 0 Å². The van der Waals surface area contributed by atoms with Crippen molar-refractivity contribution < 1.29 is 13.2 Å². The summed E-state index contributed by atoms with van der Waals surface area (Å²) in [5, 5.41) is 0. The molecule has 3 atom stereocenters. The van der Waals surface area contributed by atoms with E-state index in [2.05, 4.69) is 13.6 Å². The maximum atomic E-state index is 13.1. The van der Waals surface area contributed by atoms with Gasteiger partial charge >= 0.3 is 107 Å². The van der Waals surface area contributed by atoms with Crippen molar-refractivity contribution in [2.24, 2.45) is 5.92 Å². The minimum atomic E-state index is -2.29. The quantitative estimate of drug-likeness (QED) is 0.568. The molecular weight excluding hydrogens is 260 g/mol. The Balaban J connectivity index is 1.82. The molecule has 1 saturated carbocycles. The molecular formula is C11H23FNO2PS. The van der Waals surface area contributed by atoms with E-state index in [1.54, 1.807) is 4.31 Å². The van der Waals surface area contributed by atoms with Crippen LogP contribution in [0.5, 0.6) is 0 Å². The van der Waals surface area contributed by atoms with Gasteiger partial charge in [0.05, 0.1) is 0 Å². The Bertz CT molecular complexity index is 264. The second kappa shape index (κ2) is 5.70. The number of hydrogen-bond donors (Lipinski definition) is 0. The van der Waals surface area contributed by atoms with Gasteiger partial charge in [0.2, 0.25) is 0 Å². The molecule has 2 aliphatic rings. The zero-order valence-electron chi connectivity index (χ0n) is 10.7. The molecule has 1 heterocycles. The molecule has 17 heavy (non-hydrogen) atoms. The van der Waals surface area contributed by atoms with E-state index in [-0.39, 0.29) is 6.04 Å². The van der Waals surface area contributed by atoms with Crippen molar-refractivity contribution in [3.63, 3.8) is 0 Å². The molecule has 0 amide bonds. The van der Waals surface area contributed by atoms with Gasteiger partial charge in [-0.25, -0.2) is 0 Å². The standard InChI is InChI=1S/C11H23FNO2PS/c1-10-9-11(10)13(17(12)14)3-6-16(2)7-4-15-5-8-16/h10-11,16H,3-9H2,1-2H3/t10-,11?,17?/m0/s1. The molecule has 0 spiro atoms. The predicted molar refractivity (Wildman–Crippen MR) is 73.2 cm³/mol. The van der Waals surface area contributed by atoms with Gasteiger partial charge in [0.15, 0.2) is 0 Å². The fraction of sp³-hybridized carbons (Fsp3) is 1.00. The average Bonchev–Trinajstić information content (AvgIpc) is 2.96. The SMILES string of the molecule is C[C@H]1CC1N(CC[PH]1(C)CCOCC1)[S+]([O-])F. The summed E-state index contributed by atoms with van der Waals surface area (Å²) >= 11 is -2.29. The van der Waals surface area contributed by atoms with Crippen molar-refractivity contribution >= 4 is 19.0 Å². The number of rotatable bonds is 5. The fourth-order valence-electron chi connectivity index (χ4n) is 2.54. The molecule has 1 aliphatic heterocycles. The third kappa shape index (κ3) is 3.77. The number of nitrogens with zero attached hydrogens (tertiary/aromatic N) is 1. The van der Waals surface area contributed by atoms with Crippen molar-refractivity contribution in [1.29, 1.82) is 0 Å². The zero-order chi connectivity index (χ0) is 12.5. The summed E-state index contributed by atoms with van der Waals surface area (Å²) < 4.78 is 31.2. The van der Waals surface area contributed by atoms with Gasteiger partial charge in [0, 0.05) is 0 Å². The number of hydrogen-bond acceptors (Lipinski definition) is 3. The van der Waals surface area contributed by atoms with E-state index in [1.807, 2.05) is 0 Å². The van der Waals surface area contributed by atoms with Gasteiger partial charge in [-0.2, -0.15) is 0 Å². The fourth-order valence-corrected chi connectivity index (χ4v) is 6.25. The van der Waals surface area contributed by atoms with Gasteiger partial charge in [0.1, 0.15) is 0 Å². The molecule has 0 aromatic carbocycles. The summed E-state index contributed by atoms with van der Waals surface area (Å²) in [6.07, 6.45) is 4.38. The van der Waals surface area contributed by atoms with Crippen LogP contribution in [0.3, 0.4) is 0 Å². The van der Waals surface area contributed by atoms with Crippen LogP contribution in [0.15, 0.2) is 0 Å². The van der Waals surface area contributed by atoms with Crippen molar-refractivity contribution in [2.75, 3.05) is 44.9 Å². The molecule has 2 fully saturated rings. The van der Waals surface area contributed by atoms with Crippen molar-refractivity contribution in [1.82, 2.24) is 4.31 Å². The van der Waals surface area contributed by atoms with Gasteiger partial charge in [-0.3, -0.25) is 0 Å². The molecule has 102 valence electrons. The van der Waals surface area contributed by atoms with Gasteiger partial charge in [0.25, 0.3) is 0 Å². The Labute approximate surface area is 107 Å². The first-order chi connectivity index (χ1) is 8.02. The topological polar surface area (TPSA) is 35.5 Å². The summed E-state index contributed by atoms with van der Waals surface area (Å²) in [4.78, 5) is 0. The second-order valence-corrected chi connectivity index (χ2v) is 11.8. The van der Waals surface area contributed by atoms with Gasteiger partial charge in [-0.15, -0.1) is 0 Å². The van der Waals surface area contributed by atoms with Crippen molar-refractivity contribution in [3.8, 4) is 0 Å². The Hall–Kier alpha value is 0.590. The van der Waals surface area contributed by atoms with Crippen LogP contribution < -0.4 is 0 Å². The van der Waals surface area contributed by atoms with Crippen LogP contribution in [-0.2, 0) is 16.5 Å². The maximum absolute atomic E-state index is 13.1. The van der Waals surface area contributed by atoms with E-state index in [9.17, 15) is 8.44 Å². The third-order valence-corrected chi connectivity index (χ3v) is 9.33. The Morgan fingerprint density at radius 3 is 2.53 bits per heavy atom. The number of halogens is 1. The first-order valence-corrected chi connectivity index (χ1v) is 10.6. The minimum absolute atomic E-state index is 0.221. The Kier molecular flexibility index (Phi) is 4.70. The predicted octanol–water partition coefficient (Wildman–Crippen LogP) is 1.65.